The number of anilines is 2. The van der Waals surface area contributed by atoms with Gasteiger partial charge in [0.15, 0.2) is 0 Å². The molecule has 3 aromatic rings. The fraction of sp³-hybridized carbons (Fsp3) is 0.269. The van der Waals surface area contributed by atoms with Gasteiger partial charge in [-0.2, -0.15) is 0 Å². The Labute approximate surface area is 199 Å². The van der Waals surface area contributed by atoms with Crippen molar-refractivity contribution < 1.29 is 9.59 Å². The zero-order chi connectivity index (χ0) is 23.2. The summed E-state index contributed by atoms with van der Waals surface area (Å²) in [6, 6.07) is 18.8. The Kier molecular flexibility index (Phi) is 7.37. The van der Waals surface area contributed by atoms with E-state index in [4.69, 9.17) is 11.6 Å². The normalized spacial score (nSPS) is 14.6. The minimum atomic E-state index is -0.339. The number of hydrogen-bond acceptors (Lipinski definition) is 4. The summed E-state index contributed by atoms with van der Waals surface area (Å²) in [5, 5.41) is 6.20. The highest BCUT2D eigenvalue weighted by Gasteiger charge is 2.26. The fourth-order valence-corrected chi connectivity index (χ4v) is 4.19. The molecule has 0 aliphatic carbocycles. The number of likely N-dealkylation sites (tertiary alicyclic amines) is 1. The highest BCUT2D eigenvalue weighted by Crippen LogP contribution is 2.23. The number of aromatic nitrogens is 1. The van der Waals surface area contributed by atoms with Crippen molar-refractivity contribution in [1.82, 2.24) is 9.88 Å². The van der Waals surface area contributed by atoms with Crippen LogP contribution in [-0.2, 0) is 11.3 Å². The van der Waals surface area contributed by atoms with Gasteiger partial charge in [-0.25, -0.2) is 4.98 Å². The molecule has 0 unspecified atom stereocenters. The summed E-state index contributed by atoms with van der Waals surface area (Å²) in [5.41, 5.74) is 3.44. The third-order valence-electron chi connectivity index (χ3n) is 5.85. The maximum Gasteiger partial charge on any atom is 0.258 e. The van der Waals surface area contributed by atoms with Crippen LogP contribution in [0.25, 0.3) is 0 Å². The first kappa shape index (κ1) is 23.0. The molecule has 170 valence electrons. The third kappa shape index (κ3) is 6.18. The Morgan fingerprint density at radius 2 is 1.82 bits per heavy atom. The summed E-state index contributed by atoms with van der Waals surface area (Å²) in [6.45, 7) is 4.74. The van der Waals surface area contributed by atoms with E-state index in [9.17, 15) is 9.59 Å². The lowest BCUT2D eigenvalue weighted by Gasteiger charge is -2.31. The van der Waals surface area contributed by atoms with Gasteiger partial charge < -0.3 is 10.6 Å². The predicted molar refractivity (Wildman–Crippen MR) is 131 cm³/mol. The van der Waals surface area contributed by atoms with Gasteiger partial charge in [-0.05, 0) is 62.7 Å². The van der Waals surface area contributed by atoms with Gasteiger partial charge in [0.05, 0.1) is 16.3 Å². The second kappa shape index (κ2) is 10.6. The molecule has 2 amide bonds. The lowest BCUT2D eigenvalue weighted by molar-refractivity contribution is -0.121. The lowest BCUT2D eigenvalue weighted by atomic mass is 9.95. The Balaban J connectivity index is 1.34. The highest BCUT2D eigenvalue weighted by atomic mass is 35.5. The summed E-state index contributed by atoms with van der Waals surface area (Å²) in [7, 11) is 0. The number of benzene rings is 2. The molecular weight excluding hydrogens is 436 g/mol. The number of piperidine rings is 1. The molecule has 0 bridgehead atoms. The molecule has 1 saturated heterocycles. The van der Waals surface area contributed by atoms with Crippen molar-refractivity contribution in [3.8, 4) is 0 Å². The van der Waals surface area contributed by atoms with Gasteiger partial charge >= 0.3 is 0 Å². The number of hydrogen-bond donors (Lipinski definition) is 2. The number of nitrogens with one attached hydrogen (secondary N) is 2. The monoisotopic (exact) mass is 462 g/mol. The van der Waals surface area contributed by atoms with E-state index in [2.05, 4.69) is 51.7 Å². The number of nitrogens with zero attached hydrogens (tertiary/aromatic N) is 2. The third-order valence-corrected chi connectivity index (χ3v) is 6.07. The molecular formula is C26H27ClN4O2. The van der Waals surface area contributed by atoms with Crippen LogP contribution in [0.5, 0.6) is 0 Å². The molecule has 2 aromatic carbocycles. The lowest BCUT2D eigenvalue weighted by Crippen LogP contribution is -2.38. The average Bonchev–Trinajstić information content (AvgIpc) is 2.81. The van der Waals surface area contributed by atoms with E-state index in [1.165, 1.54) is 17.3 Å². The highest BCUT2D eigenvalue weighted by molar-refractivity contribution is 6.30. The summed E-state index contributed by atoms with van der Waals surface area (Å²) < 4.78 is 0. The average molecular weight is 463 g/mol. The van der Waals surface area contributed by atoms with Crippen molar-refractivity contribution in [1.29, 1.82) is 0 Å². The number of para-hydroxylation sites is 1. The second-order valence-corrected chi connectivity index (χ2v) is 8.83. The van der Waals surface area contributed by atoms with E-state index in [1.807, 2.05) is 0 Å². The van der Waals surface area contributed by atoms with Crippen molar-refractivity contribution in [2.75, 3.05) is 23.7 Å². The van der Waals surface area contributed by atoms with E-state index >= 15 is 0 Å². The first-order chi connectivity index (χ1) is 16.0. The van der Waals surface area contributed by atoms with E-state index in [0.29, 0.717) is 22.1 Å². The molecule has 1 aliphatic heterocycles. The Hall–Kier alpha value is -3.22. The van der Waals surface area contributed by atoms with Crippen LogP contribution in [0, 0.1) is 12.8 Å². The minimum absolute atomic E-state index is 0.0462. The maximum absolute atomic E-state index is 13.0. The van der Waals surface area contributed by atoms with Crippen LogP contribution in [-0.4, -0.2) is 34.8 Å². The number of carbonyl (C=O) groups excluding carboxylic acids is 2. The topological polar surface area (TPSA) is 74.3 Å². The standard InChI is InChI=1S/C26H27ClN4O2/c1-18-5-4-6-19(15-18)17-31-13-11-20(12-14-31)25(32)29-23-8-3-2-7-22(23)26(33)30-24-10-9-21(27)16-28-24/h2-10,15-16,20H,11-14,17H2,1H3,(H,29,32)(H,28,30,33). The van der Waals surface area contributed by atoms with E-state index < -0.39 is 0 Å². The molecule has 0 atom stereocenters. The molecule has 1 aromatic heterocycles. The van der Waals surface area contributed by atoms with Crippen LogP contribution in [0.1, 0.15) is 34.3 Å². The van der Waals surface area contributed by atoms with Gasteiger partial charge in [-0.15, -0.1) is 0 Å². The maximum atomic E-state index is 13.0. The fourth-order valence-electron chi connectivity index (χ4n) is 4.08. The van der Waals surface area contributed by atoms with Crippen molar-refractivity contribution in [3.63, 3.8) is 0 Å². The number of rotatable bonds is 6. The van der Waals surface area contributed by atoms with Gasteiger partial charge in [-0.1, -0.05) is 53.6 Å². The second-order valence-electron chi connectivity index (χ2n) is 8.39. The van der Waals surface area contributed by atoms with E-state index in [1.54, 1.807) is 36.4 Å². The van der Waals surface area contributed by atoms with Crippen LogP contribution < -0.4 is 10.6 Å². The molecule has 1 aliphatic rings. The number of halogens is 1. The molecule has 4 rings (SSSR count). The molecule has 0 saturated carbocycles. The predicted octanol–water partition coefficient (Wildman–Crippen LogP) is 5.15. The summed E-state index contributed by atoms with van der Waals surface area (Å²) in [4.78, 5) is 32.2. The largest absolute Gasteiger partial charge is 0.325 e. The van der Waals surface area contributed by atoms with Gasteiger partial charge in [0.1, 0.15) is 5.82 Å². The first-order valence-corrected chi connectivity index (χ1v) is 11.5. The van der Waals surface area contributed by atoms with Crippen molar-refractivity contribution in [2.24, 2.45) is 5.92 Å². The van der Waals surface area contributed by atoms with Gasteiger partial charge in [0.25, 0.3) is 5.91 Å². The molecule has 2 heterocycles. The van der Waals surface area contributed by atoms with Crippen molar-refractivity contribution in [2.45, 2.75) is 26.3 Å². The summed E-state index contributed by atoms with van der Waals surface area (Å²) in [6.07, 6.45) is 3.05. The van der Waals surface area contributed by atoms with Crippen molar-refractivity contribution >= 4 is 34.9 Å². The molecule has 2 N–H and O–H groups in total. The van der Waals surface area contributed by atoms with Crippen LogP contribution in [0.2, 0.25) is 5.02 Å². The number of aryl methyl sites for hydroxylation is 1. The van der Waals surface area contributed by atoms with Gasteiger partial charge in [0.2, 0.25) is 5.91 Å². The van der Waals surface area contributed by atoms with Crippen molar-refractivity contribution in [3.05, 3.63) is 88.6 Å². The summed E-state index contributed by atoms with van der Waals surface area (Å²) in [5.74, 6) is -0.0666. The van der Waals surface area contributed by atoms with E-state index in [-0.39, 0.29) is 17.7 Å². The molecule has 1 fully saturated rings. The van der Waals surface area contributed by atoms with E-state index in [0.717, 1.165) is 32.5 Å². The number of pyridine rings is 1. The van der Waals surface area contributed by atoms with Gasteiger partial charge in [-0.3, -0.25) is 14.5 Å². The molecule has 0 spiro atoms. The smallest absolute Gasteiger partial charge is 0.258 e. The quantitative estimate of drug-likeness (QED) is 0.531. The van der Waals surface area contributed by atoms with Gasteiger partial charge in [0, 0.05) is 18.7 Å². The Morgan fingerprint density at radius 1 is 1.03 bits per heavy atom. The zero-order valence-corrected chi connectivity index (χ0v) is 19.3. The Morgan fingerprint density at radius 3 is 2.55 bits per heavy atom. The first-order valence-electron chi connectivity index (χ1n) is 11.1. The Bertz CT molecular complexity index is 1130. The molecule has 0 radical (unpaired) electrons. The van der Waals surface area contributed by atoms with Crippen LogP contribution in [0.15, 0.2) is 66.9 Å². The number of carbonyl (C=O) groups is 2. The SMILES string of the molecule is Cc1cccc(CN2CCC(C(=O)Nc3ccccc3C(=O)Nc3ccc(Cl)cn3)CC2)c1. The molecule has 7 heteroatoms. The molecule has 33 heavy (non-hydrogen) atoms. The molecule has 6 nitrogen and oxygen atoms in total. The zero-order valence-electron chi connectivity index (χ0n) is 18.6. The summed E-state index contributed by atoms with van der Waals surface area (Å²) >= 11 is 5.85. The van der Waals surface area contributed by atoms with Crippen LogP contribution in [0.4, 0.5) is 11.5 Å². The van der Waals surface area contributed by atoms with Crippen LogP contribution >= 0.6 is 11.6 Å². The minimum Gasteiger partial charge on any atom is -0.325 e. The number of amides is 2. The van der Waals surface area contributed by atoms with Crippen LogP contribution in [0.3, 0.4) is 0 Å².